The molecule has 0 bridgehead atoms. The highest BCUT2D eigenvalue weighted by molar-refractivity contribution is 7.11. The second-order valence-corrected chi connectivity index (χ2v) is 5.13. The predicted molar refractivity (Wildman–Crippen MR) is 67.2 cm³/mol. The van der Waals surface area contributed by atoms with Crippen LogP contribution in [0.3, 0.4) is 0 Å². The Morgan fingerprint density at radius 2 is 2.00 bits per heavy atom. The summed E-state index contributed by atoms with van der Waals surface area (Å²) in [6.45, 7) is 0.183. The van der Waals surface area contributed by atoms with Crippen LogP contribution in [0, 0.1) is 0 Å². The molecule has 0 saturated carbocycles. The van der Waals surface area contributed by atoms with Crippen LogP contribution in [-0.2, 0) is 12.8 Å². The van der Waals surface area contributed by atoms with Crippen LogP contribution in [0.5, 0.6) is 0 Å². The lowest BCUT2D eigenvalue weighted by molar-refractivity contribution is 0.300. The minimum atomic E-state index is 0.183. The fourth-order valence-corrected chi connectivity index (χ4v) is 2.50. The minimum absolute atomic E-state index is 0.183. The molecule has 0 amide bonds. The van der Waals surface area contributed by atoms with E-state index in [1.54, 1.807) is 11.3 Å². The number of benzene rings is 1. The van der Waals surface area contributed by atoms with E-state index >= 15 is 0 Å². The Morgan fingerprint density at radius 1 is 1.25 bits per heavy atom. The third kappa shape index (κ3) is 3.04. The number of aliphatic hydroxyl groups excluding tert-OH is 1. The molecule has 0 saturated heterocycles. The summed E-state index contributed by atoms with van der Waals surface area (Å²) < 4.78 is 0. The van der Waals surface area contributed by atoms with E-state index in [-0.39, 0.29) is 6.61 Å². The van der Waals surface area contributed by atoms with Gasteiger partial charge in [0.05, 0.1) is 5.01 Å². The third-order valence-electron chi connectivity index (χ3n) is 2.23. The summed E-state index contributed by atoms with van der Waals surface area (Å²) in [6.07, 6.45) is 3.36. The second kappa shape index (κ2) is 5.43. The largest absolute Gasteiger partial charge is 0.396 e. The van der Waals surface area contributed by atoms with Gasteiger partial charge in [-0.25, -0.2) is 4.98 Å². The van der Waals surface area contributed by atoms with E-state index in [9.17, 15) is 0 Å². The lowest BCUT2D eigenvalue weighted by Gasteiger charge is -1.97. The molecule has 0 atom stereocenters. The van der Waals surface area contributed by atoms with Crippen LogP contribution in [0.25, 0.3) is 0 Å². The van der Waals surface area contributed by atoms with Gasteiger partial charge in [-0.1, -0.05) is 23.7 Å². The molecule has 16 heavy (non-hydrogen) atoms. The summed E-state index contributed by atoms with van der Waals surface area (Å²) >= 11 is 7.47. The third-order valence-corrected chi connectivity index (χ3v) is 3.54. The average Bonchev–Trinajstić information content (AvgIpc) is 2.70. The highest BCUT2D eigenvalue weighted by Gasteiger charge is 2.02. The van der Waals surface area contributed by atoms with Gasteiger partial charge in [0, 0.05) is 35.5 Å². The van der Waals surface area contributed by atoms with Crippen molar-refractivity contribution in [2.75, 3.05) is 6.61 Å². The Bertz CT molecular complexity index is 452. The fourth-order valence-electron chi connectivity index (χ4n) is 1.43. The van der Waals surface area contributed by atoms with Crippen molar-refractivity contribution in [1.82, 2.24) is 4.98 Å². The number of rotatable bonds is 4. The number of nitrogens with zero attached hydrogens (tertiary/aromatic N) is 1. The molecule has 1 aromatic carbocycles. The molecule has 0 fully saturated rings. The molecule has 1 N–H and O–H groups in total. The van der Waals surface area contributed by atoms with E-state index < -0.39 is 0 Å². The van der Waals surface area contributed by atoms with Crippen LogP contribution in [0.2, 0.25) is 5.02 Å². The lowest BCUT2D eigenvalue weighted by atomic mass is 10.2. The molecule has 1 heterocycles. The Hall–Kier alpha value is -0.900. The molecule has 4 heteroatoms. The average molecular weight is 254 g/mol. The summed E-state index contributed by atoms with van der Waals surface area (Å²) in [5.41, 5.74) is 1.20. The van der Waals surface area contributed by atoms with Gasteiger partial charge in [0.25, 0.3) is 0 Å². The summed E-state index contributed by atoms with van der Waals surface area (Å²) in [5.74, 6) is 0. The van der Waals surface area contributed by atoms with Gasteiger partial charge in [-0.3, -0.25) is 0 Å². The van der Waals surface area contributed by atoms with Crippen molar-refractivity contribution in [3.05, 3.63) is 50.9 Å². The first-order valence-corrected chi connectivity index (χ1v) is 6.26. The molecule has 0 unspecified atom stereocenters. The van der Waals surface area contributed by atoms with Crippen molar-refractivity contribution >= 4 is 22.9 Å². The van der Waals surface area contributed by atoms with Crippen molar-refractivity contribution < 1.29 is 5.11 Å². The van der Waals surface area contributed by atoms with Gasteiger partial charge >= 0.3 is 0 Å². The van der Waals surface area contributed by atoms with Gasteiger partial charge in [0.2, 0.25) is 0 Å². The smallest absolute Gasteiger partial charge is 0.0971 e. The second-order valence-electron chi connectivity index (χ2n) is 3.50. The van der Waals surface area contributed by atoms with Gasteiger partial charge < -0.3 is 5.11 Å². The minimum Gasteiger partial charge on any atom is -0.396 e. The lowest BCUT2D eigenvalue weighted by Crippen LogP contribution is -1.85. The Labute approximate surface area is 104 Å². The number of thiazole rings is 1. The normalized spacial score (nSPS) is 10.6. The van der Waals surface area contributed by atoms with E-state index in [0.717, 1.165) is 21.3 Å². The maximum absolute atomic E-state index is 8.81. The Morgan fingerprint density at radius 3 is 2.69 bits per heavy atom. The van der Waals surface area contributed by atoms with E-state index in [0.29, 0.717) is 6.42 Å². The van der Waals surface area contributed by atoms with Gasteiger partial charge in [0.1, 0.15) is 0 Å². The highest BCUT2D eigenvalue weighted by Crippen LogP contribution is 2.18. The van der Waals surface area contributed by atoms with Gasteiger partial charge in [-0.05, 0) is 17.7 Å². The zero-order chi connectivity index (χ0) is 11.4. The molecule has 0 aliphatic heterocycles. The fraction of sp³-hybridized carbons (Fsp3) is 0.250. The molecule has 2 nitrogen and oxygen atoms in total. The maximum atomic E-state index is 8.81. The van der Waals surface area contributed by atoms with Crippen LogP contribution in [-0.4, -0.2) is 16.7 Å². The zero-order valence-corrected chi connectivity index (χ0v) is 10.3. The van der Waals surface area contributed by atoms with Crippen molar-refractivity contribution in [3.63, 3.8) is 0 Å². The molecule has 0 radical (unpaired) electrons. The number of hydrogen-bond acceptors (Lipinski definition) is 3. The first-order chi connectivity index (χ1) is 7.78. The number of hydrogen-bond donors (Lipinski definition) is 1. The van der Waals surface area contributed by atoms with E-state index in [4.69, 9.17) is 16.7 Å². The van der Waals surface area contributed by atoms with Gasteiger partial charge in [0.15, 0.2) is 0 Å². The van der Waals surface area contributed by atoms with Crippen LogP contribution in [0.15, 0.2) is 30.5 Å². The quantitative estimate of drug-likeness (QED) is 0.909. The Balaban J connectivity index is 2.05. The molecule has 0 aliphatic carbocycles. The summed E-state index contributed by atoms with van der Waals surface area (Å²) in [4.78, 5) is 5.46. The van der Waals surface area contributed by atoms with Crippen molar-refractivity contribution in [3.8, 4) is 0 Å². The van der Waals surface area contributed by atoms with Gasteiger partial charge in [-0.15, -0.1) is 11.3 Å². The number of aromatic nitrogens is 1. The van der Waals surface area contributed by atoms with Crippen molar-refractivity contribution in [2.24, 2.45) is 0 Å². The molecule has 84 valence electrons. The predicted octanol–water partition coefficient (Wildman–Crippen LogP) is 2.92. The van der Waals surface area contributed by atoms with Crippen LogP contribution in [0.1, 0.15) is 15.4 Å². The van der Waals surface area contributed by atoms with Crippen molar-refractivity contribution in [2.45, 2.75) is 12.8 Å². The topological polar surface area (TPSA) is 33.1 Å². The molecule has 2 rings (SSSR count). The number of aliphatic hydroxyl groups is 1. The van der Waals surface area contributed by atoms with Crippen LogP contribution < -0.4 is 0 Å². The molecule has 1 aromatic heterocycles. The van der Waals surface area contributed by atoms with E-state index in [1.165, 1.54) is 5.56 Å². The maximum Gasteiger partial charge on any atom is 0.0971 e. The van der Waals surface area contributed by atoms with Gasteiger partial charge in [-0.2, -0.15) is 0 Å². The summed E-state index contributed by atoms with van der Waals surface area (Å²) in [7, 11) is 0. The van der Waals surface area contributed by atoms with Crippen LogP contribution in [0.4, 0.5) is 0 Å². The van der Waals surface area contributed by atoms with E-state index in [2.05, 4.69) is 4.98 Å². The summed E-state index contributed by atoms with van der Waals surface area (Å²) in [5, 5.41) is 10.6. The van der Waals surface area contributed by atoms with Crippen molar-refractivity contribution in [1.29, 1.82) is 0 Å². The molecular formula is C12H12ClNOS. The molecule has 2 aromatic rings. The highest BCUT2D eigenvalue weighted by atomic mass is 35.5. The Kier molecular flexibility index (Phi) is 3.93. The monoisotopic (exact) mass is 253 g/mol. The molecule has 0 aliphatic rings. The zero-order valence-electron chi connectivity index (χ0n) is 8.69. The molecule has 0 spiro atoms. The number of halogens is 1. The van der Waals surface area contributed by atoms with E-state index in [1.807, 2.05) is 30.5 Å². The summed E-state index contributed by atoms with van der Waals surface area (Å²) in [6, 6.07) is 7.79. The standard InChI is InChI=1S/C12H12ClNOS/c13-10-3-1-9(2-4-10)7-12-14-8-11(16-12)5-6-15/h1-4,8,15H,5-7H2. The van der Waals surface area contributed by atoms with Crippen LogP contribution >= 0.6 is 22.9 Å². The SMILES string of the molecule is OCCc1cnc(Cc2ccc(Cl)cc2)s1. The first kappa shape index (κ1) is 11.6. The first-order valence-electron chi connectivity index (χ1n) is 5.07. The molecular weight excluding hydrogens is 242 g/mol.